The molecule has 0 fully saturated rings. The molecule has 0 heterocycles. The quantitative estimate of drug-likeness (QED) is 0.622. The Morgan fingerprint density at radius 1 is 1.25 bits per heavy atom. The Hall–Kier alpha value is -0.820. The Bertz CT molecular complexity index is 230. The average molecular weight is 164 g/mol. The minimum Gasteiger partial charge on any atom is -0.377 e. The van der Waals surface area contributed by atoms with Crippen LogP contribution in [0.3, 0.4) is 0 Å². The zero-order valence-electron chi connectivity index (χ0n) is 7.84. The Kier molecular flexibility index (Phi) is 3.81. The van der Waals surface area contributed by atoms with Gasteiger partial charge in [0.25, 0.3) is 0 Å². The minimum absolute atomic E-state index is 0.751. The maximum atomic E-state index is 5.45. The van der Waals surface area contributed by atoms with Gasteiger partial charge >= 0.3 is 0 Å². The highest BCUT2D eigenvalue weighted by molar-refractivity contribution is 5.24. The van der Waals surface area contributed by atoms with Crippen LogP contribution in [0.25, 0.3) is 0 Å². The standard InChI is InChI=1S/C11H16O/c1-3-8-12-9-11-7-5-4-6-10(11)2/h4-7H,3,8-9H2,1-2H3. The number of rotatable bonds is 4. The smallest absolute Gasteiger partial charge is 0.0719 e. The first-order valence-electron chi connectivity index (χ1n) is 4.47. The van der Waals surface area contributed by atoms with E-state index < -0.39 is 0 Å². The largest absolute Gasteiger partial charge is 0.377 e. The van der Waals surface area contributed by atoms with E-state index in [2.05, 4.69) is 38.1 Å². The lowest BCUT2D eigenvalue weighted by atomic mass is 10.1. The summed E-state index contributed by atoms with van der Waals surface area (Å²) in [6.45, 7) is 5.84. The molecular weight excluding hydrogens is 148 g/mol. The van der Waals surface area contributed by atoms with Crippen molar-refractivity contribution in [1.29, 1.82) is 0 Å². The first-order valence-corrected chi connectivity index (χ1v) is 4.47. The number of aryl methyl sites for hydroxylation is 1. The predicted octanol–water partition coefficient (Wildman–Crippen LogP) is 2.92. The number of benzene rings is 1. The van der Waals surface area contributed by atoms with Crippen LogP contribution < -0.4 is 0 Å². The summed E-state index contributed by atoms with van der Waals surface area (Å²) >= 11 is 0. The summed E-state index contributed by atoms with van der Waals surface area (Å²) in [6.07, 6.45) is 1.09. The van der Waals surface area contributed by atoms with Gasteiger partial charge in [-0.15, -0.1) is 0 Å². The van der Waals surface area contributed by atoms with Gasteiger partial charge in [-0.2, -0.15) is 0 Å². The highest BCUT2D eigenvalue weighted by Gasteiger charge is 1.95. The molecule has 1 aromatic carbocycles. The van der Waals surface area contributed by atoms with Gasteiger partial charge in [0.1, 0.15) is 0 Å². The Balaban J connectivity index is 2.46. The molecule has 0 saturated heterocycles. The molecule has 12 heavy (non-hydrogen) atoms. The van der Waals surface area contributed by atoms with E-state index in [1.54, 1.807) is 0 Å². The van der Waals surface area contributed by atoms with E-state index in [9.17, 15) is 0 Å². The predicted molar refractivity (Wildman–Crippen MR) is 51.1 cm³/mol. The van der Waals surface area contributed by atoms with Gasteiger partial charge in [0.2, 0.25) is 0 Å². The van der Waals surface area contributed by atoms with Crippen molar-refractivity contribution in [3.63, 3.8) is 0 Å². The average Bonchev–Trinajstić information content (AvgIpc) is 2.09. The monoisotopic (exact) mass is 164 g/mol. The molecule has 0 bridgehead atoms. The molecule has 0 amide bonds. The van der Waals surface area contributed by atoms with Crippen LogP contribution in [0.5, 0.6) is 0 Å². The van der Waals surface area contributed by atoms with Crippen LogP contribution >= 0.6 is 0 Å². The van der Waals surface area contributed by atoms with E-state index in [0.29, 0.717) is 0 Å². The van der Waals surface area contributed by atoms with Gasteiger partial charge in [-0.3, -0.25) is 0 Å². The van der Waals surface area contributed by atoms with E-state index in [1.165, 1.54) is 11.1 Å². The molecular formula is C11H16O. The molecule has 0 N–H and O–H groups in total. The molecule has 0 spiro atoms. The second-order valence-electron chi connectivity index (χ2n) is 2.98. The summed E-state index contributed by atoms with van der Waals surface area (Å²) in [5.74, 6) is 0. The van der Waals surface area contributed by atoms with E-state index in [1.807, 2.05) is 0 Å². The topological polar surface area (TPSA) is 9.23 Å². The number of ether oxygens (including phenoxy) is 1. The van der Waals surface area contributed by atoms with Gasteiger partial charge in [0.05, 0.1) is 6.61 Å². The summed E-state index contributed by atoms with van der Waals surface area (Å²) in [7, 11) is 0. The summed E-state index contributed by atoms with van der Waals surface area (Å²) in [5, 5.41) is 0. The molecule has 1 heteroatoms. The molecule has 0 aliphatic heterocycles. The fraction of sp³-hybridized carbons (Fsp3) is 0.455. The molecule has 1 nitrogen and oxygen atoms in total. The lowest BCUT2D eigenvalue weighted by Gasteiger charge is -2.05. The molecule has 0 saturated carbocycles. The van der Waals surface area contributed by atoms with Crippen molar-refractivity contribution >= 4 is 0 Å². The number of hydrogen-bond acceptors (Lipinski definition) is 1. The first-order chi connectivity index (χ1) is 5.84. The molecule has 0 aliphatic rings. The SMILES string of the molecule is CCCOCc1ccccc1C. The van der Waals surface area contributed by atoms with Crippen molar-refractivity contribution in [1.82, 2.24) is 0 Å². The maximum absolute atomic E-state index is 5.45. The van der Waals surface area contributed by atoms with Crippen molar-refractivity contribution in [2.24, 2.45) is 0 Å². The van der Waals surface area contributed by atoms with E-state index in [0.717, 1.165) is 19.6 Å². The lowest BCUT2D eigenvalue weighted by Crippen LogP contribution is -1.95. The third kappa shape index (κ3) is 2.67. The summed E-state index contributed by atoms with van der Waals surface area (Å²) in [5.41, 5.74) is 2.61. The van der Waals surface area contributed by atoms with Crippen LogP contribution in [-0.4, -0.2) is 6.61 Å². The van der Waals surface area contributed by atoms with Crippen molar-refractivity contribution in [3.05, 3.63) is 35.4 Å². The molecule has 0 unspecified atom stereocenters. The zero-order valence-corrected chi connectivity index (χ0v) is 7.84. The van der Waals surface area contributed by atoms with Gasteiger partial charge in [-0.05, 0) is 24.5 Å². The van der Waals surface area contributed by atoms with Crippen LogP contribution in [0.15, 0.2) is 24.3 Å². The van der Waals surface area contributed by atoms with E-state index in [4.69, 9.17) is 4.74 Å². The van der Waals surface area contributed by atoms with Crippen LogP contribution in [0, 0.1) is 6.92 Å². The summed E-state index contributed by atoms with van der Waals surface area (Å²) < 4.78 is 5.45. The fourth-order valence-electron chi connectivity index (χ4n) is 1.10. The number of hydrogen-bond donors (Lipinski definition) is 0. The van der Waals surface area contributed by atoms with Crippen LogP contribution in [0.2, 0.25) is 0 Å². The zero-order chi connectivity index (χ0) is 8.81. The summed E-state index contributed by atoms with van der Waals surface area (Å²) in [4.78, 5) is 0. The molecule has 0 atom stereocenters. The molecule has 1 rings (SSSR count). The lowest BCUT2D eigenvalue weighted by molar-refractivity contribution is 0.121. The van der Waals surface area contributed by atoms with Crippen LogP contribution in [-0.2, 0) is 11.3 Å². The molecule has 66 valence electrons. The van der Waals surface area contributed by atoms with Crippen LogP contribution in [0.4, 0.5) is 0 Å². The summed E-state index contributed by atoms with van der Waals surface area (Å²) in [6, 6.07) is 8.34. The molecule has 1 aromatic rings. The molecule has 0 radical (unpaired) electrons. The van der Waals surface area contributed by atoms with Gasteiger partial charge < -0.3 is 4.74 Å². The normalized spacial score (nSPS) is 10.2. The minimum atomic E-state index is 0.751. The van der Waals surface area contributed by atoms with Gasteiger partial charge in [0, 0.05) is 6.61 Å². The first kappa shape index (κ1) is 9.27. The molecule has 0 aromatic heterocycles. The van der Waals surface area contributed by atoms with Crippen molar-refractivity contribution in [2.45, 2.75) is 26.9 Å². The van der Waals surface area contributed by atoms with Crippen molar-refractivity contribution in [3.8, 4) is 0 Å². The van der Waals surface area contributed by atoms with Crippen molar-refractivity contribution in [2.75, 3.05) is 6.61 Å². The van der Waals surface area contributed by atoms with Gasteiger partial charge in [-0.1, -0.05) is 31.2 Å². The molecule has 0 aliphatic carbocycles. The van der Waals surface area contributed by atoms with E-state index >= 15 is 0 Å². The Labute approximate surface area is 74.4 Å². The fourth-order valence-corrected chi connectivity index (χ4v) is 1.10. The highest BCUT2D eigenvalue weighted by atomic mass is 16.5. The van der Waals surface area contributed by atoms with E-state index in [-0.39, 0.29) is 0 Å². The second kappa shape index (κ2) is 4.94. The van der Waals surface area contributed by atoms with Crippen LogP contribution in [0.1, 0.15) is 24.5 Å². The van der Waals surface area contributed by atoms with Gasteiger partial charge in [-0.25, -0.2) is 0 Å². The Morgan fingerprint density at radius 2 is 2.00 bits per heavy atom. The third-order valence-electron chi connectivity index (χ3n) is 1.87. The highest BCUT2D eigenvalue weighted by Crippen LogP contribution is 2.07. The van der Waals surface area contributed by atoms with Crippen molar-refractivity contribution < 1.29 is 4.74 Å². The van der Waals surface area contributed by atoms with Gasteiger partial charge in [0.15, 0.2) is 0 Å². The maximum Gasteiger partial charge on any atom is 0.0719 e. The Morgan fingerprint density at radius 3 is 2.67 bits per heavy atom. The third-order valence-corrected chi connectivity index (χ3v) is 1.87. The second-order valence-corrected chi connectivity index (χ2v) is 2.98.